The quantitative estimate of drug-likeness (QED) is 0.0945. The number of carbonyl (C=O) groups excluding carboxylic acids is 3. The standard InChI is InChI=1S/C30H57N3O3/c1-4-7-10-11-12-13-14-15-16-17-18-19-20-21-22-29(35)33-27(30(36)32-26-9-6-3)23-24-28(34)31-25-8-5-2/h18-19,27H,4-17,20-26H2,1-3H3,(H,31,34)(H,32,36)(H,33,35)/b19-18+/t27-/m0/s1. The summed E-state index contributed by atoms with van der Waals surface area (Å²) < 4.78 is 0. The minimum absolute atomic E-state index is 0.0684. The van der Waals surface area contributed by atoms with Gasteiger partial charge in [-0.1, -0.05) is 97.1 Å². The van der Waals surface area contributed by atoms with Crippen molar-refractivity contribution in [1.82, 2.24) is 16.0 Å². The van der Waals surface area contributed by atoms with E-state index in [9.17, 15) is 14.4 Å². The topological polar surface area (TPSA) is 87.3 Å². The van der Waals surface area contributed by atoms with E-state index in [0.717, 1.165) is 44.9 Å². The van der Waals surface area contributed by atoms with Crippen LogP contribution >= 0.6 is 0 Å². The van der Waals surface area contributed by atoms with E-state index < -0.39 is 6.04 Å². The van der Waals surface area contributed by atoms with Crippen LogP contribution < -0.4 is 16.0 Å². The number of hydrogen-bond acceptors (Lipinski definition) is 3. The van der Waals surface area contributed by atoms with Crippen LogP contribution in [-0.2, 0) is 14.4 Å². The summed E-state index contributed by atoms with van der Waals surface area (Å²) in [6.07, 6.45) is 24.1. The van der Waals surface area contributed by atoms with Gasteiger partial charge in [0, 0.05) is 25.9 Å². The molecule has 1 atom stereocenters. The molecule has 0 aliphatic heterocycles. The van der Waals surface area contributed by atoms with Crippen molar-refractivity contribution in [2.75, 3.05) is 13.1 Å². The van der Waals surface area contributed by atoms with Crippen LogP contribution in [0.5, 0.6) is 0 Å². The molecule has 6 nitrogen and oxygen atoms in total. The van der Waals surface area contributed by atoms with Crippen molar-refractivity contribution in [3.63, 3.8) is 0 Å². The molecule has 0 saturated heterocycles. The maximum Gasteiger partial charge on any atom is 0.242 e. The zero-order chi connectivity index (χ0) is 26.7. The highest BCUT2D eigenvalue weighted by Crippen LogP contribution is 2.11. The minimum atomic E-state index is -0.659. The number of allylic oxidation sites excluding steroid dienone is 2. The van der Waals surface area contributed by atoms with E-state index >= 15 is 0 Å². The first-order chi connectivity index (χ1) is 17.5. The molecule has 0 unspecified atom stereocenters. The summed E-state index contributed by atoms with van der Waals surface area (Å²) in [6.45, 7) is 7.65. The maximum atomic E-state index is 12.6. The highest BCUT2D eigenvalue weighted by atomic mass is 16.2. The van der Waals surface area contributed by atoms with E-state index in [0.29, 0.717) is 25.9 Å². The lowest BCUT2D eigenvalue weighted by molar-refractivity contribution is -0.129. The van der Waals surface area contributed by atoms with Crippen LogP contribution in [0.3, 0.4) is 0 Å². The van der Waals surface area contributed by atoms with E-state index in [1.54, 1.807) is 0 Å². The number of amides is 3. The molecule has 0 bridgehead atoms. The average molecular weight is 508 g/mol. The molecule has 0 aliphatic rings. The van der Waals surface area contributed by atoms with E-state index in [4.69, 9.17) is 0 Å². The molecule has 0 aromatic carbocycles. The summed E-state index contributed by atoms with van der Waals surface area (Å²) in [7, 11) is 0. The van der Waals surface area contributed by atoms with Crippen molar-refractivity contribution in [3.05, 3.63) is 12.2 Å². The van der Waals surface area contributed by atoms with Crippen molar-refractivity contribution >= 4 is 17.7 Å². The zero-order valence-electron chi connectivity index (χ0n) is 23.8. The highest BCUT2D eigenvalue weighted by Gasteiger charge is 2.21. The van der Waals surface area contributed by atoms with Crippen LogP contribution in [-0.4, -0.2) is 36.9 Å². The van der Waals surface area contributed by atoms with Crippen LogP contribution in [0, 0.1) is 0 Å². The van der Waals surface area contributed by atoms with Crippen LogP contribution in [0.2, 0.25) is 0 Å². The Bertz CT molecular complexity index is 578. The first-order valence-corrected chi connectivity index (χ1v) is 15.0. The van der Waals surface area contributed by atoms with Crippen LogP contribution in [0.25, 0.3) is 0 Å². The van der Waals surface area contributed by atoms with Gasteiger partial charge in [0.05, 0.1) is 0 Å². The second-order valence-corrected chi connectivity index (χ2v) is 9.99. The number of carbonyl (C=O) groups is 3. The van der Waals surface area contributed by atoms with Gasteiger partial charge in [0.2, 0.25) is 17.7 Å². The molecule has 0 spiro atoms. The molecule has 0 aromatic heterocycles. The van der Waals surface area contributed by atoms with Crippen LogP contribution in [0.1, 0.15) is 143 Å². The molecule has 0 aromatic rings. The van der Waals surface area contributed by atoms with E-state index in [1.165, 1.54) is 57.8 Å². The van der Waals surface area contributed by atoms with Crippen LogP contribution in [0.4, 0.5) is 0 Å². The molecule has 0 saturated carbocycles. The minimum Gasteiger partial charge on any atom is -0.356 e. The Kier molecular flexibility index (Phi) is 24.9. The number of hydrogen-bond donors (Lipinski definition) is 3. The van der Waals surface area contributed by atoms with Crippen molar-refractivity contribution in [2.45, 2.75) is 149 Å². The second-order valence-electron chi connectivity index (χ2n) is 9.99. The lowest BCUT2D eigenvalue weighted by Gasteiger charge is -2.18. The van der Waals surface area contributed by atoms with Gasteiger partial charge in [0.25, 0.3) is 0 Å². The summed E-state index contributed by atoms with van der Waals surface area (Å²) in [5, 5.41) is 8.62. The van der Waals surface area contributed by atoms with Crippen LogP contribution in [0.15, 0.2) is 12.2 Å². The van der Waals surface area contributed by atoms with Gasteiger partial charge in [-0.25, -0.2) is 0 Å². The SMILES string of the molecule is CCCCCCCCCCC/C=C/CCCC(=O)N[C@@H](CCC(=O)NCCCC)C(=O)NCCCC. The second kappa shape index (κ2) is 26.2. The molecule has 0 radical (unpaired) electrons. The summed E-state index contributed by atoms with van der Waals surface area (Å²) >= 11 is 0. The van der Waals surface area contributed by atoms with E-state index in [2.05, 4.69) is 48.9 Å². The molecule has 0 rings (SSSR count). The van der Waals surface area contributed by atoms with Crippen molar-refractivity contribution in [1.29, 1.82) is 0 Å². The smallest absolute Gasteiger partial charge is 0.242 e. The predicted octanol–water partition coefficient (Wildman–Crippen LogP) is 6.73. The third-order valence-electron chi connectivity index (χ3n) is 6.41. The summed E-state index contributed by atoms with van der Waals surface area (Å²) in [4.78, 5) is 37.1. The van der Waals surface area contributed by atoms with Crippen molar-refractivity contribution in [3.8, 4) is 0 Å². The van der Waals surface area contributed by atoms with Gasteiger partial charge in [-0.15, -0.1) is 0 Å². The molecule has 3 N–H and O–H groups in total. The van der Waals surface area contributed by atoms with E-state index in [-0.39, 0.29) is 24.1 Å². The monoisotopic (exact) mass is 507 g/mol. The van der Waals surface area contributed by atoms with Gasteiger partial charge in [-0.2, -0.15) is 0 Å². The third kappa shape index (κ3) is 22.6. The first kappa shape index (κ1) is 34.1. The molecular weight excluding hydrogens is 450 g/mol. The summed E-state index contributed by atoms with van der Waals surface area (Å²) in [5.74, 6) is -0.385. The largest absolute Gasteiger partial charge is 0.356 e. The Labute approximate surface area is 222 Å². The first-order valence-electron chi connectivity index (χ1n) is 15.0. The molecule has 0 heterocycles. The molecular formula is C30H57N3O3. The lowest BCUT2D eigenvalue weighted by Crippen LogP contribution is -2.47. The van der Waals surface area contributed by atoms with Gasteiger partial charge < -0.3 is 16.0 Å². The van der Waals surface area contributed by atoms with Crippen molar-refractivity contribution < 1.29 is 14.4 Å². The molecule has 210 valence electrons. The van der Waals surface area contributed by atoms with Gasteiger partial charge in [0.15, 0.2) is 0 Å². The Balaban J connectivity index is 4.10. The lowest BCUT2D eigenvalue weighted by atomic mass is 10.1. The fourth-order valence-corrected chi connectivity index (χ4v) is 4.00. The third-order valence-corrected chi connectivity index (χ3v) is 6.41. The number of unbranched alkanes of at least 4 members (excludes halogenated alkanes) is 12. The average Bonchev–Trinajstić information content (AvgIpc) is 2.87. The fraction of sp³-hybridized carbons (Fsp3) is 0.833. The van der Waals surface area contributed by atoms with Gasteiger partial charge in [0.1, 0.15) is 6.04 Å². The molecule has 36 heavy (non-hydrogen) atoms. The highest BCUT2D eigenvalue weighted by molar-refractivity contribution is 5.88. The van der Waals surface area contributed by atoms with Gasteiger partial charge in [-0.3, -0.25) is 14.4 Å². The van der Waals surface area contributed by atoms with E-state index in [1.807, 2.05) is 0 Å². The molecule has 0 aliphatic carbocycles. The van der Waals surface area contributed by atoms with Gasteiger partial charge >= 0.3 is 0 Å². The van der Waals surface area contributed by atoms with Gasteiger partial charge in [-0.05, 0) is 44.9 Å². The Morgan fingerprint density at radius 1 is 0.583 bits per heavy atom. The molecule has 3 amide bonds. The summed E-state index contributed by atoms with van der Waals surface area (Å²) in [5.41, 5.74) is 0. The summed E-state index contributed by atoms with van der Waals surface area (Å²) in [6, 6.07) is -0.659. The molecule has 6 heteroatoms. The number of nitrogens with one attached hydrogen (secondary N) is 3. The Hall–Kier alpha value is -1.85. The normalized spacial score (nSPS) is 12.0. The Morgan fingerprint density at radius 2 is 1.11 bits per heavy atom. The molecule has 0 fully saturated rings. The predicted molar refractivity (Wildman–Crippen MR) is 152 cm³/mol. The fourth-order valence-electron chi connectivity index (χ4n) is 4.00. The Morgan fingerprint density at radius 3 is 1.72 bits per heavy atom. The van der Waals surface area contributed by atoms with Crippen molar-refractivity contribution in [2.24, 2.45) is 0 Å². The zero-order valence-corrected chi connectivity index (χ0v) is 23.8. The number of rotatable bonds is 25. The maximum absolute atomic E-state index is 12.6.